The highest BCUT2D eigenvalue weighted by atomic mass is 35.5. The van der Waals surface area contributed by atoms with Crippen LogP contribution in [0.4, 0.5) is 4.39 Å². The van der Waals surface area contributed by atoms with Crippen molar-refractivity contribution in [3.05, 3.63) is 48.3 Å². The van der Waals surface area contributed by atoms with Crippen LogP contribution in [0, 0.1) is 5.82 Å². The Labute approximate surface area is 119 Å². The molecule has 1 aromatic carbocycles. The molecule has 0 spiro atoms. The number of benzene rings is 1. The van der Waals surface area contributed by atoms with Gasteiger partial charge in [0.2, 0.25) is 5.91 Å². The summed E-state index contributed by atoms with van der Waals surface area (Å²) in [7, 11) is 0. The van der Waals surface area contributed by atoms with Crippen molar-refractivity contribution in [3.8, 4) is 0 Å². The lowest BCUT2D eigenvalue weighted by molar-refractivity contribution is -0.131. The first-order valence-corrected chi connectivity index (χ1v) is 5.92. The predicted molar refractivity (Wildman–Crippen MR) is 77.5 cm³/mol. The van der Waals surface area contributed by atoms with Gasteiger partial charge < -0.3 is 10.6 Å². The van der Waals surface area contributed by atoms with Crippen LogP contribution in [0.1, 0.15) is 18.9 Å². The Hall–Kier alpha value is -1.39. The molecule has 1 amide bonds. The van der Waals surface area contributed by atoms with Crippen LogP contribution >= 0.6 is 12.4 Å². The Bertz CT molecular complexity index is 424. The van der Waals surface area contributed by atoms with Gasteiger partial charge in [-0.15, -0.1) is 19.0 Å². The Morgan fingerprint density at radius 3 is 2.68 bits per heavy atom. The lowest BCUT2D eigenvalue weighted by Crippen LogP contribution is -2.34. The van der Waals surface area contributed by atoms with E-state index in [4.69, 9.17) is 5.73 Å². The molecule has 1 aromatic rings. The quantitative estimate of drug-likeness (QED) is 0.817. The highest BCUT2D eigenvalue weighted by molar-refractivity contribution is 5.85. The van der Waals surface area contributed by atoms with Gasteiger partial charge in [0.15, 0.2) is 0 Å². The van der Waals surface area contributed by atoms with Crippen molar-refractivity contribution in [3.63, 3.8) is 0 Å². The van der Waals surface area contributed by atoms with E-state index in [2.05, 4.69) is 6.58 Å². The Morgan fingerprint density at radius 2 is 2.16 bits per heavy atom. The first-order valence-electron chi connectivity index (χ1n) is 5.92. The van der Waals surface area contributed by atoms with E-state index in [1.54, 1.807) is 36.1 Å². The van der Waals surface area contributed by atoms with Crippen molar-refractivity contribution in [2.45, 2.75) is 25.9 Å². The van der Waals surface area contributed by atoms with Crippen molar-refractivity contribution in [2.24, 2.45) is 5.73 Å². The second-order valence-corrected chi connectivity index (χ2v) is 4.34. The Morgan fingerprint density at radius 1 is 1.53 bits per heavy atom. The maximum atomic E-state index is 13.5. The molecule has 0 aliphatic rings. The van der Waals surface area contributed by atoms with E-state index in [0.717, 1.165) is 0 Å². The lowest BCUT2D eigenvalue weighted by atomic mass is 10.1. The molecule has 0 fully saturated rings. The van der Waals surface area contributed by atoms with E-state index in [1.165, 1.54) is 6.07 Å². The van der Waals surface area contributed by atoms with E-state index >= 15 is 0 Å². The summed E-state index contributed by atoms with van der Waals surface area (Å²) in [6.45, 7) is 6.01. The van der Waals surface area contributed by atoms with Crippen molar-refractivity contribution in [1.82, 2.24) is 4.90 Å². The van der Waals surface area contributed by atoms with Crippen molar-refractivity contribution in [2.75, 3.05) is 6.54 Å². The van der Waals surface area contributed by atoms with Crippen molar-refractivity contribution < 1.29 is 9.18 Å². The molecule has 0 saturated carbocycles. The molecule has 0 radical (unpaired) electrons. The van der Waals surface area contributed by atoms with Crippen LogP contribution < -0.4 is 5.73 Å². The van der Waals surface area contributed by atoms with Crippen LogP contribution in [0.15, 0.2) is 36.9 Å². The summed E-state index contributed by atoms with van der Waals surface area (Å²) in [6, 6.07) is 6.23. The molecule has 1 atom stereocenters. The molecule has 106 valence electrons. The van der Waals surface area contributed by atoms with Gasteiger partial charge in [0.05, 0.1) is 0 Å². The number of carbonyl (C=O) groups excluding carboxylic acids is 1. The third-order valence-corrected chi connectivity index (χ3v) is 2.52. The van der Waals surface area contributed by atoms with Crippen LogP contribution in [0.3, 0.4) is 0 Å². The zero-order chi connectivity index (χ0) is 13.5. The summed E-state index contributed by atoms with van der Waals surface area (Å²) in [4.78, 5) is 13.5. The van der Waals surface area contributed by atoms with E-state index in [1.807, 2.05) is 0 Å². The number of carbonyl (C=O) groups is 1. The SMILES string of the molecule is C=CCN(Cc1ccccc1F)C(=O)CC(C)N.Cl. The lowest BCUT2D eigenvalue weighted by Gasteiger charge is -2.22. The molecule has 19 heavy (non-hydrogen) atoms. The minimum atomic E-state index is -0.305. The fourth-order valence-corrected chi connectivity index (χ4v) is 1.65. The van der Waals surface area contributed by atoms with Gasteiger partial charge in [-0.05, 0) is 13.0 Å². The van der Waals surface area contributed by atoms with E-state index in [-0.39, 0.29) is 43.1 Å². The zero-order valence-electron chi connectivity index (χ0n) is 11.0. The standard InChI is InChI=1S/C14H19FN2O.ClH/c1-3-8-17(14(18)9-11(2)16)10-12-6-4-5-7-13(12)15;/h3-7,11H,1,8-10,16H2,2H3;1H. The van der Waals surface area contributed by atoms with Crippen LogP contribution in [0.25, 0.3) is 0 Å². The molecule has 5 heteroatoms. The second kappa shape index (κ2) is 8.67. The van der Waals surface area contributed by atoms with Gasteiger partial charge >= 0.3 is 0 Å². The van der Waals surface area contributed by atoms with Crippen LogP contribution in [-0.4, -0.2) is 23.4 Å². The molecule has 1 unspecified atom stereocenters. The number of nitrogens with two attached hydrogens (primary N) is 1. The van der Waals surface area contributed by atoms with Gasteiger partial charge in [0, 0.05) is 31.1 Å². The summed E-state index contributed by atoms with van der Waals surface area (Å²) in [5.74, 6) is -0.395. The molecule has 0 bridgehead atoms. The fourth-order valence-electron chi connectivity index (χ4n) is 1.65. The molecular formula is C14H20ClFN2O. The summed E-state index contributed by atoms with van der Waals surface area (Å²) in [5, 5.41) is 0. The first-order chi connectivity index (χ1) is 8.54. The number of rotatable bonds is 6. The third-order valence-electron chi connectivity index (χ3n) is 2.52. The van der Waals surface area contributed by atoms with Gasteiger partial charge in [0.25, 0.3) is 0 Å². The molecule has 2 N–H and O–H groups in total. The van der Waals surface area contributed by atoms with Gasteiger partial charge in [-0.1, -0.05) is 24.3 Å². The summed E-state index contributed by atoms with van der Waals surface area (Å²) in [6.07, 6.45) is 1.88. The van der Waals surface area contributed by atoms with Gasteiger partial charge in [-0.25, -0.2) is 4.39 Å². The number of nitrogens with zero attached hydrogens (tertiary/aromatic N) is 1. The highest BCUT2D eigenvalue weighted by Gasteiger charge is 2.15. The van der Waals surface area contributed by atoms with Crippen LogP contribution in [0.5, 0.6) is 0 Å². The van der Waals surface area contributed by atoms with Crippen LogP contribution in [0.2, 0.25) is 0 Å². The van der Waals surface area contributed by atoms with Crippen LogP contribution in [-0.2, 0) is 11.3 Å². The summed E-state index contributed by atoms with van der Waals surface area (Å²) >= 11 is 0. The molecule has 0 aromatic heterocycles. The third kappa shape index (κ3) is 5.85. The molecule has 0 aliphatic heterocycles. The van der Waals surface area contributed by atoms with Crippen molar-refractivity contribution >= 4 is 18.3 Å². The topological polar surface area (TPSA) is 46.3 Å². The van der Waals surface area contributed by atoms with E-state index in [0.29, 0.717) is 12.1 Å². The highest BCUT2D eigenvalue weighted by Crippen LogP contribution is 2.11. The van der Waals surface area contributed by atoms with Gasteiger partial charge in [-0.3, -0.25) is 4.79 Å². The fraction of sp³-hybridized carbons (Fsp3) is 0.357. The maximum absolute atomic E-state index is 13.5. The predicted octanol–water partition coefficient (Wildman–Crippen LogP) is 2.50. The smallest absolute Gasteiger partial charge is 0.224 e. The van der Waals surface area contributed by atoms with E-state index in [9.17, 15) is 9.18 Å². The van der Waals surface area contributed by atoms with Crippen molar-refractivity contribution in [1.29, 1.82) is 0 Å². The normalized spacial score (nSPS) is 11.3. The molecule has 0 aliphatic carbocycles. The molecule has 3 nitrogen and oxygen atoms in total. The first kappa shape index (κ1) is 17.6. The van der Waals surface area contributed by atoms with Gasteiger partial charge in [-0.2, -0.15) is 0 Å². The zero-order valence-corrected chi connectivity index (χ0v) is 11.8. The molecule has 1 rings (SSSR count). The number of hydrogen-bond acceptors (Lipinski definition) is 2. The Balaban J connectivity index is 0.00000324. The minimum Gasteiger partial charge on any atom is -0.335 e. The minimum absolute atomic E-state index is 0. The second-order valence-electron chi connectivity index (χ2n) is 4.34. The summed E-state index contributed by atoms with van der Waals surface area (Å²) in [5.41, 5.74) is 6.10. The number of amides is 1. The number of halogens is 2. The molecule has 0 saturated heterocycles. The maximum Gasteiger partial charge on any atom is 0.224 e. The summed E-state index contributed by atoms with van der Waals surface area (Å²) < 4.78 is 13.5. The molecular weight excluding hydrogens is 267 g/mol. The monoisotopic (exact) mass is 286 g/mol. The van der Waals surface area contributed by atoms with E-state index < -0.39 is 0 Å². The Kier molecular flexibility index (Phi) is 8.03. The molecule has 0 heterocycles. The average Bonchev–Trinajstić information content (AvgIpc) is 2.30. The largest absolute Gasteiger partial charge is 0.335 e. The average molecular weight is 287 g/mol. The van der Waals surface area contributed by atoms with Gasteiger partial charge in [0.1, 0.15) is 5.82 Å². The number of hydrogen-bond donors (Lipinski definition) is 1.